The molecule has 5 nitrogen and oxygen atoms in total. The molecule has 0 fully saturated rings. The van der Waals surface area contributed by atoms with Crippen molar-refractivity contribution >= 4 is 11.9 Å². The fraction of sp³-hybridized carbons (Fsp3) is 0.556. The predicted molar refractivity (Wildman–Crippen MR) is 297 cm³/mol. The van der Waals surface area contributed by atoms with Crippen LogP contribution in [-0.2, 0) is 23.8 Å². The van der Waals surface area contributed by atoms with E-state index in [0.717, 1.165) is 148 Å². The van der Waals surface area contributed by atoms with Gasteiger partial charge in [0.2, 0.25) is 0 Å². The molecular formula is C63H98O5. The van der Waals surface area contributed by atoms with E-state index >= 15 is 0 Å². The van der Waals surface area contributed by atoms with Crippen molar-refractivity contribution < 1.29 is 23.8 Å². The van der Waals surface area contributed by atoms with E-state index in [1.807, 2.05) is 0 Å². The van der Waals surface area contributed by atoms with Gasteiger partial charge < -0.3 is 14.2 Å². The lowest BCUT2D eigenvalue weighted by Gasteiger charge is -2.18. The molecule has 1 atom stereocenters. The van der Waals surface area contributed by atoms with E-state index in [0.29, 0.717) is 19.4 Å². The average molecular weight is 935 g/mol. The highest BCUT2D eigenvalue weighted by Gasteiger charge is 2.17. The zero-order chi connectivity index (χ0) is 49.2. The van der Waals surface area contributed by atoms with Crippen molar-refractivity contribution in [1.29, 1.82) is 0 Å². The highest BCUT2D eigenvalue weighted by atomic mass is 16.6. The Labute approximate surface area is 418 Å². The van der Waals surface area contributed by atoms with Crippen molar-refractivity contribution in [1.82, 2.24) is 0 Å². The van der Waals surface area contributed by atoms with Crippen molar-refractivity contribution in [2.45, 2.75) is 207 Å². The number of hydrogen-bond donors (Lipinski definition) is 0. The molecule has 0 N–H and O–H groups in total. The molecule has 0 saturated heterocycles. The fourth-order valence-electron chi connectivity index (χ4n) is 6.65. The van der Waals surface area contributed by atoms with Gasteiger partial charge in [-0.05, 0) is 135 Å². The number of allylic oxidation sites excluding steroid dienone is 26. The Kier molecular flexibility index (Phi) is 53.1. The van der Waals surface area contributed by atoms with Crippen LogP contribution in [0.15, 0.2) is 158 Å². The van der Waals surface area contributed by atoms with Crippen LogP contribution in [0.5, 0.6) is 0 Å². The van der Waals surface area contributed by atoms with Gasteiger partial charge in [0.25, 0.3) is 0 Å². The molecule has 0 aliphatic rings. The van der Waals surface area contributed by atoms with Gasteiger partial charge in [0.1, 0.15) is 6.61 Å². The van der Waals surface area contributed by atoms with E-state index in [4.69, 9.17) is 14.2 Å². The minimum absolute atomic E-state index is 0.0285. The average Bonchev–Trinajstić information content (AvgIpc) is 3.34. The third-order valence-corrected chi connectivity index (χ3v) is 10.5. The number of esters is 2. The normalized spacial score (nSPS) is 13.5. The van der Waals surface area contributed by atoms with E-state index in [9.17, 15) is 9.59 Å². The smallest absolute Gasteiger partial charge is 0.306 e. The number of hydrogen-bond acceptors (Lipinski definition) is 5. The van der Waals surface area contributed by atoms with Gasteiger partial charge in [-0.15, -0.1) is 0 Å². The second kappa shape index (κ2) is 56.8. The van der Waals surface area contributed by atoms with Gasteiger partial charge in [-0.2, -0.15) is 0 Å². The minimum atomic E-state index is -0.599. The Bertz CT molecular complexity index is 1520. The first kappa shape index (κ1) is 63.5. The second-order valence-electron chi connectivity index (χ2n) is 17.0. The van der Waals surface area contributed by atoms with Crippen LogP contribution < -0.4 is 0 Å². The Morgan fingerprint density at radius 3 is 1.00 bits per heavy atom. The number of ether oxygens (including phenoxy) is 3. The predicted octanol–water partition coefficient (Wildman–Crippen LogP) is 18.7. The van der Waals surface area contributed by atoms with Gasteiger partial charge >= 0.3 is 11.9 Å². The van der Waals surface area contributed by atoms with Crippen LogP contribution in [0.1, 0.15) is 201 Å². The van der Waals surface area contributed by atoms with Gasteiger partial charge in [0, 0.05) is 19.4 Å². The molecule has 0 aliphatic heterocycles. The third-order valence-electron chi connectivity index (χ3n) is 10.5. The van der Waals surface area contributed by atoms with Gasteiger partial charge in [-0.3, -0.25) is 9.59 Å². The SMILES string of the molecule is CC/C=C\C/C=C\C/C=C\C/C=C\C/C=C\CCCCCC(=O)OCC(COCCC/C=C\C/C=C\C/C=C\C/C=C\CC)OC(=O)CCCCCCCC/C=C\C/C=C\C/C=C\C/C=C\CC. The van der Waals surface area contributed by atoms with E-state index in [-0.39, 0.29) is 25.2 Å². The Morgan fingerprint density at radius 2 is 0.618 bits per heavy atom. The van der Waals surface area contributed by atoms with E-state index < -0.39 is 6.10 Å². The number of carbonyl (C=O) groups excluding carboxylic acids is 2. The van der Waals surface area contributed by atoms with Crippen molar-refractivity contribution in [3.63, 3.8) is 0 Å². The lowest BCUT2D eigenvalue weighted by atomic mass is 10.1. The summed E-state index contributed by atoms with van der Waals surface area (Å²) in [7, 11) is 0. The lowest BCUT2D eigenvalue weighted by Crippen LogP contribution is -2.30. The summed E-state index contributed by atoms with van der Waals surface area (Å²) in [5.74, 6) is -0.494. The van der Waals surface area contributed by atoms with Crippen molar-refractivity contribution in [3.8, 4) is 0 Å². The summed E-state index contributed by atoms with van der Waals surface area (Å²) in [6, 6.07) is 0. The summed E-state index contributed by atoms with van der Waals surface area (Å²) in [6.45, 7) is 7.27. The lowest BCUT2D eigenvalue weighted by molar-refractivity contribution is -0.163. The Morgan fingerprint density at radius 1 is 0.324 bits per heavy atom. The molecule has 0 rings (SSSR count). The van der Waals surface area contributed by atoms with Crippen molar-refractivity contribution in [2.75, 3.05) is 19.8 Å². The molecule has 0 saturated carbocycles. The zero-order valence-corrected chi connectivity index (χ0v) is 43.6. The molecule has 0 amide bonds. The quantitative estimate of drug-likeness (QED) is 0.0346. The molecule has 5 heteroatoms. The topological polar surface area (TPSA) is 61.8 Å². The van der Waals surface area contributed by atoms with Crippen LogP contribution in [0, 0.1) is 0 Å². The molecule has 1 unspecified atom stereocenters. The molecule has 0 heterocycles. The maximum absolute atomic E-state index is 12.8. The van der Waals surface area contributed by atoms with Crippen molar-refractivity contribution in [3.05, 3.63) is 158 Å². The molecule has 0 bridgehead atoms. The molecule has 380 valence electrons. The fourth-order valence-corrected chi connectivity index (χ4v) is 6.65. The summed E-state index contributed by atoms with van der Waals surface area (Å²) in [5, 5.41) is 0. The third kappa shape index (κ3) is 54.1. The molecule has 0 aromatic rings. The molecular weight excluding hydrogens is 837 g/mol. The van der Waals surface area contributed by atoms with Crippen molar-refractivity contribution in [2.24, 2.45) is 0 Å². The van der Waals surface area contributed by atoms with Crippen LogP contribution in [0.3, 0.4) is 0 Å². The molecule has 68 heavy (non-hydrogen) atoms. The monoisotopic (exact) mass is 935 g/mol. The molecule has 0 aromatic heterocycles. The Hall–Kier alpha value is -4.48. The summed E-state index contributed by atoms with van der Waals surface area (Å²) < 4.78 is 17.3. The summed E-state index contributed by atoms with van der Waals surface area (Å²) >= 11 is 0. The number of carbonyl (C=O) groups is 2. The first-order valence-corrected chi connectivity index (χ1v) is 27.0. The zero-order valence-electron chi connectivity index (χ0n) is 43.6. The largest absolute Gasteiger partial charge is 0.462 e. The van der Waals surface area contributed by atoms with E-state index in [1.54, 1.807) is 0 Å². The summed E-state index contributed by atoms with van der Waals surface area (Å²) in [6.07, 6.45) is 84.1. The standard InChI is InChI=1S/C63H98O5/c1-4-7-10-13-16-19-22-25-28-30-32-34-36-38-41-44-47-50-53-56-62(64)67-60-61(59-66-58-55-52-49-46-43-40-27-24-21-18-15-12-9-6-3)68-63(65)57-54-51-48-45-42-39-37-35-33-31-29-26-23-20-17-14-11-8-5-2/h7-12,16-21,25-29,32-35,38,40-41,46,49,61H,4-6,13-15,22-24,30-31,36-37,39,42-45,47-48,50-60H2,1-3H3/b10-7-,11-8-,12-9-,19-16-,20-17-,21-18-,28-25-,29-26-,34-32-,35-33-,40-27-,41-38-,49-46-. The Balaban J connectivity index is 4.47. The van der Waals surface area contributed by atoms with Gasteiger partial charge in [-0.1, -0.05) is 211 Å². The highest BCUT2D eigenvalue weighted by Crippen LogP contribution is 2.12. The molecule has 0 spiro atoms. The van der Waals surface area contributed by atoms with E-state index in [2.05, 4.69) is 179 Å². The first-order valence-electron chi connectivity index (χ1n) is 27.0. The van der Waals surface area contributed by atoms with Gasteiger partial charge in [0.15, 0.2) is 6.10 Å². The van der Waals surface area contributed by atoms with Crippen LogP contribution in [0.25, 0.3) is 0 Å². The molecule has 0 aliphatic carbocycles. The van der Waals surface area contributed by atoms with Crippen LogP contribution in [0.2, 0.25) is 0 Å². The second-order valence-corrected chi connectivity index (χ2v) is 17.0. The highest BCUT2D eigenvalue weighted by molar-refractivity contribution is 5.70. The molecule has 0 radical (unpaired) electrons. The molecule has 0 aromatic carbocycles. The summed E-state index contributed by atoms with van der Waals surface area (Å²) in [4.78, 5) is 25.5. The minimum Gasteiger partial charge on any atom is -0.462 e. The first-order chi connectivity index (χ1) is 33.6. The number of unbranched alkanes of at least 4 members (excludes halogenated alkanes) is 10. The summed E-state index contributed by atoms with van der Waals surface area (Å²) in [5.41, 5.74) is 0. The maximum Gasteiger partial charge on any atom is 0.306 e. The van der Waals surface area contributed by atoms with Gasteiger partial charge in [-0.25, -0.2) is 0 Å². The van der Waals surface area contributed by atoms with Crippen LogP contribution >= 0.6 is 0 Å². The maximum atomic E-state index is 12.8. The van der Waals surface area contributed by atoms with E-state index in [1.165, 1.54) is 19.3 Å². The number of rotatable bonds is 47. The van der Waals surface area contributed by atoms with Crippen LogP contribution in [-0.4, -0.2) is 37.9 Å². The van der Waals surface area contributed by atoms with Crippen LogP contribution in [0.4, 0.5) is 0 Å². The van der Waals surface area contributed by atoms with Gasteiger partial charge in [0.05, 0.1) is 6.61 Å².